The molecule has 1 heterocycles. The lowest BCUT2D eigenvalue weighted by Crippen LogP contribution is -2.42. The van der Waals surface area contributed by atoms with Crippen molar-refractivity contribution in [1.82, 2.24) is 10.2 Å². The molecule has 0 bridgehead atoms. The Morgan fingerprint density at radius 3 is 3.07 bits per heavy atom. The van der Waals surface area contributed by atoms with Crippen LogP contribution in [0.25, 0.3) is 0 Å². The molecule has 0 radical (unpaired) electrons. The predicted octanol–water partition coefficient (Wildman–Crippen LogP) is 1.04. The van der Waals surface area contributed by atoms with E-state index in [9.17, 15) is 0 Å². The molecule has 0 aromatic heterocycles. The fourth-order valence-electron chi connectivity index (χ4n) is 1.11. The van der Waals surface area contributed by atoms with E-state index < -0.39 is 0 Å². The minimum Gasteiger partial charge on any atom is -0.308 e. The molecule has 14 heavy (non-hydrogen) atoms. The summed E-state index contributed by atoms with van der Waals surface area (Å²) in [6.45, 7) is 2.78. The summed E-state index contributed by atoms with van der Waals surface area (Å²) in [5.41, 5.74) is 0. The van der Waals surface area contributed by atoms with E-state index in [4.69, 9.17) is 16.9 Å². The van der Waals surface area contributed by atoms with Crippen LogP contribution in [0, 0.1) is 11.5 Å². The molecular weight excluding hydrogens is 220 g/mol. The fraction of sp³-hybridized carbons (Fsp3) is 0.750. The molecule has 0 spiro atoms. The Bertz CT molecular complexity index is 252. The second-order valence-corrected chi connectivity index (χ2v) is 5.13. The highest BCUT2D eigenvalue weighted by molar-refractivity contribution is 8.02. The molecule has 0 aromatic rings. The number of hydrogen-bond donors (Lipinski definition) is 1. The number of nitriles is 1. The average molecular weight is 233 g/mol. The summed E-state index contributed by atoms with van der Waals surface area (Å²) in [5, 5.41) is 11.4. The number of thioether (sulfide) groups is 1. The van der Waals surface area contributed by atoms with Crippen molar-refractivity contribution in [2.24, 2.45) is 4.99 Å². The predicted molar refractivity (Wildman–Crippen MR) is 60.4 cm³/mol. The molecule has 3 unspecified atom stereocenters. The van der Waals surface area contributed by atoms with Crippen LogP contribution >= 0.6 is 23.4 Å². The summed E-state index contributed by atoms with van der Waals surface area (Å²) >= 11 is 7.43. The van der Waals surface area contributed by atoms with Crippen LogP contribution in [0.2, 0.25) is 0 Å². The van der Waals surface area contributed by atoms with Crippen molar-refractivity contribution in [2.45, 2.75) is 23.2 Å². The van der Waals surface area contributed by atoms with Gasteiger partial charge in [0.2, 0.25) is 0 Å². The van der Waals surface area contributed by atoms with Crippen molar-refractivity contribution in [3.8, 4) is 6.19 Å². The van der Waals surface area contributed by atoms with E-state index in [0.29, 0.717) is 5.25 Å². The second-order valence-electron chi connectivity index (χ2n) is 3.14. The van der Waals surface area contributed by atoms with E-state index in [1.807, 2.05) is 26.4 Å². The van der Waals surface area contributed by atoms with Crippen molar-refractivity contribution in [3.05, 3.63) is 0 Å². The maximum atomic E-state index is 8.45. The van der Waals surface area contributed by atoms with Crippen LogP contribution in [-0.4, -0.2) is 41.0 Å². The third kappa shape index (κ3) is 3.37. The molecule has 0 saturated carbocycles. The highest BCUT2D eigenvalue weighted by atomic mass is 35.5. The third-order valence-electron chi connectivity index (χ3n) is 2.06. The second kappa shape index (κ2) is 5.44. The molecule has 3 atom stereocenters. The minimum atomic E-state index is -0.146. The Balaban J connectivity index is 2.31. The van der Waals surface area contributed by atoms with Gasteiger partial charge in [0.05, 0.1) is 11.4 Å². The highest BCUT2D eigenvalue weighted by Gasteiger charge is 2.21. The van der Waals surface area contributed by atoms with E-state index in [-0.39, 0.29) is 11.0 Å². The van der Waals surface area contributed by atoms with Gasteiger partial charge in [0.25, 0.3) is 0 Å². The quantitative estimate of drug-likeness (QED) is 0.259. The van der Waals surface area contributed by atoms with Gasteiger partial charge in [-0.1, -0.05) is 11.6 Å². The third-order valence-corrected chi connectivity index (χ3v) is 3.45. The molecule has 1 N–H and O–H groups in total. The Hall–Kier alpha value is -0.440. The highest BCUT2D eigenvalue weighted by Crippen LogP contribution is 2.27. The lowest BCUT2D eigenvalue weighted by Gasteiger charge is -2.24. The van der Waals surface area contributed by atoms with Crippen LogP contribution in [-0.2, 0) is 0 Å². The first-order chi connectivity index (χ1) is 6.63. The van der Waals surface area contributed by atoms with Crippen molar-refractivity contribution in [1.29, 1.82) is 5.26 Å². The van der Waals surface area contributed by atoms with Gasteiger partial charge in [-0.3, -0.25) is 9.89 Å². The van der Waals surface area contributed by atoms with Crippen molar-refractivity contribution >= 4 is 29.6 Å². The van der Waals surface area contributed by atoms with Gasteiger partial charge < -0.3 is 5.32 Å². The zero-order valence-electron chi connectivity index (χ0n) is 8.14. The summed E-state index contributed by atoms with van der Waals surface area (Å²) in [7, 11) is 1.96. The van der Waals surface area contributed by atoms with E-state index in [1.165, 1.54) is 0 Å². The number of nitrogens with zero attached hydrogens (tertiary/aromatic N) is 3. The molecule has 0 fully saturated rings. The summed E-state index contributed by atoms with van der Waals surface area (Å²) < 4.78 is 0. The van der Waals surface area contributed by atoms with Gasteiger partial charge in [0.15, 0.2) is 11.0 Å². The van der Waals surface area contributed by atoms with Gasteiger partial charge >= 0.3 is 0 Å². The van der Waals surface area contributed by atoms with E-state index in [0.717, 1.165) is 6.54 Å². The Morgan fingerprint density at radius 1 is 1.86 bits per heavy atom. The molecule has 0 aliphatic carbocycles. The number of nitrogens with one attached hydrogen (secondary N) is 1. The standard InChI is InChI=1S/C8H13ClN4S/c1-6(12-5-10)13(2)4-7-3-11-8(9)14-7/h3,6-8,12H,4H2,1-2H3. The summed E-state index contributed by atoms with van der Waals surface area (Å²) in [6, 6.07) is 0. The zero-order chi connectivity index (χ0) is 10.6. The van der Waals surface area contributed by atoms with Gasteiger partial charge in [0, 0.05) is 12.8 Å². The van der Waals surface area contributed by atoms with Crippen LogP contribution < -0.4 is 5.32 Å². The molecule has 0 aromatic carbocycles. The first-order valence-corrected chi connectivity index (χ1v) is 5.69. The average Bonchev–Trinajstić information content (AvgIpc) is 2.51. The van der Waals surface area contributed by atoms with Crippen LogP contribution in [0.1, 0.15) is 6.92 Å². The van der Waals surface area contributed by atoms with Gasteiger partial charge in [-0.2, -0.15) is 5.26 Å². The fourth-order valence-corrected chi connectivity index (χ4v) is 2.47. The molecule has 1 aliphatic rings. The lowest BCUT2D eigenvalue weighted by molar-refractivity contribution is 0.249. The smallest absolute Gasteiger partial charge is 0.177 e. The Morgan fingerprint density at radius 2 is 2.57 bits per heavy atom. The maximum Gasteiger partial charge on any atom is 0.177 e. The molecule has 1 aliphatic heterocycles. The number of aliphatic imine (C=N–C) groups is 1. The topological polar surface area (TPSA) is 51.4 Å². The summed E-state index contributed by atoms with van der Waals surface area (Å²) in [4.78, 5) is 5.98. The number of alkyl halides is 1. The number of halogens is 1. The lowest BCUT2D eigenvalue weighted by atomic mass is 10.4. The zero-order valence-corrected chi connectivity index (χ0v) is 9.72. The number of hydrogen-bond acceptors (Lipinski definition) is 5. The first kappa shape index (κ1) is 11.6. The SMILES string of the molecule is CC(NC#N)N(C)CC1C=NC(Cl)S1. The van der Waals surface area contributed by atoms with E-state index >= 15 is 0 Å². The molecule has 0 amide bonds. The molecule has 6 heteroatoms. The normalized spacial score (nSPS) is 27.6. The van der Waals surface area contributed by atoms with Crippen molar-refractivity contribution < 1.29 is 0 Å². The largest absolute Gasteiger partial charge is 0.308 e. The molecule has 1 rings (SSSR count). The van der Waals surface area contributed by atoms with E-state index in [2.05, 4.69) is 15.2 Å². The minimum absolute atomic E-state index is 0.0448. The van der Waals surface area contributed by atoms with Gasteiger partial charge in [-0.25, -0.2) is 0 Å². The summed E-state index contributed by atoms with van der Waals surface area (Å²) in [6.07, 6.45) is 3.84. The van der Waals surface area contributed by atoms with Crippen LogP contribution in [0.3, 0.4) is 0 Å². The Kier molecular flexibility index (Phi) is 4.52. The molecule has 4 nitrogen and oxygen atoms in total. The molecule has 78 valence electrons. The first-order valence-electron chi connectivity index (χ1n) is 4.31. The van der Waals surface area contributed by atoms with Crippen LogP contribution in [0.4, 0.5) is 0 Å². The maximum absolute atomic E-state index is 8.45. The van der Waals surface area contributed by atoms with Crippen molar-refractivity contribution in [2.75, 3.05) is 13.6 Å². The van der Waals surface area contributed by atoms with Crippen LogP contribution in [0.5, 0.6) is 0 Å². The number of rotatable bonds is 4. The monoisotopic (exact) mass is 232 g/mol. The van der Waals surface area contributed by atoms with Gasteiger partial charge in [0.1, 0.15) is 0 Å². The molecular formula is C8H13ClN4S. The molecule has 0 saturated heterocycles. The van der Waals surface area contributed by atoms with Gasteiger partial charge in [-0.05, 0) is 14.0 Å². The summed E-state index contributed by atoms with van der Waals surface area (Å²) in [5.74, 6) is 0. The van der Waals surface area contributed by atoms with Crippen molar-refractivity contribution in [3.63, 3.8) is 0 Å². The van der Waals surface area contributed by atoms with Crippen LogP contribution in [0.15, 0.2) is 4.99 Å². The van der Waals surface area contributed by atoms with E-state index in [1.54, 1.807) is 11.8 Å². The van der Waals surface area contributed by atoms with Gasteiger partial charge in [-0.15, -0.1) is 11.8 Å². The Labute approximate surface area is 93.3 Å².